The van der Waals surface area contributed by atoms with Gasteiger partial charge in [-0.1, -0.05) is 0 Å². The Morgan fingerprint density at radius 3 is 2.81 bits per heavy atom. The molecule has 0 aliphatic carbocycles. The summed E-state index contributed by atoms with van der Waals surface area (Å²) in [5.41, 5.74) is 6.07. The maximum atomic E-state index is 12.2. The number of hydrogen-bond donors (Lipinski definition) is 3. The van der Waals surface area contributed by atoms with Gasteiger partial charge < -0.3 is 25.8 Å². The highest BCUT2D eigenvalue weighted by molar-refractivity contribution is 5.83. The fraction of sp³-hybridized carbons (Fsp3) is 0.857. The molecule has 0 aromatic heterocycles. The number of likely N-dealkylation sites (tertiary alicyclic amines) is 1. The van der Waals surface area contributed by atoms with Gasteiger partial charge in [0.05, 0.1) is 18.6 Å². The molecule has 3 heterocycles. The summed E-state index contributed by atoms with van der Waals surface area (Å²) in [6, 6.07) is -0.694. The van der Waals surface area contributed by atoms with Gasteiger partial charge in [-0.25, -0.2) is 0 Å². The standard InChI is InChI=1S/C14H23N3O4/c15-10(4-9-2-1-3-16-12(9)19)11(18)13(20)17-5-14(6-17)7-21-8-14/h9-11,18H,1-8,15H2,(H,16,19). The van der Waals surface area contributed by atoms with Crippen LogP contribution < -0.4 is 11.1 Å². The van der Waals surface area contributed by atoms with Crippen LogP contribution in [0.15, 0.2) is 0 Å². The van der Waals surface area contributed by atoms with E-state index in [1.807, 2.05) is 0 Å². The van der Waals surface area contributed by atoms with Gasteiger partial charge in [-0.2, -0.15) is 0 Å². The van der Waals surface area contributed by atoms with E-state index in [1.54, 1.807) is 4.90 Å². The molecule has 118 valence electrons. The van der Waals surface area contributed by atoms with Crippen LogP contribution in [0, 0.1) is 11.3 Å². The van der Waals surface area contributed by atoms with Crippen molar-refractivity contribution in [2.24, 2.45) is 17.1 Å². The third-order valence-electron chi connectivity index (χ3n) is 4.80. The number of nitrogens with zero attached hydrogens (tertiary/aromatic N) is 1. The normalized spacial score (nSPS) is 30.1. The van der Waals surface area contributed by atoms with Gasteiger partial charge in [-0.15, -0.1) is 0 Å². The Labute approximate surface area is 123 Å². The van der Waals surface area contributed by atoms with Crippen LogP contribution in [0.4, 0.5) is 0 Å². The van der Waals surface area contributed by atoms with Crippen molar-refractivity contribution in [1.82, 2.24) is 10.2 Å². The lowest BCUT2D eigenvalue weighted by Gasteiger charge is -2.55. The smallest absolute Gasteiger partial charge is 0.253 e. The molecule has 0 saturated carbocycles. The Kier molecular flexibility index (Phi) is 3.90. The van der Waals surface area contributed by atoms with Gasteiger partial charge in [0, 0.05) is 31.6 Å². The highest BCUT2D eigenvalue weighted by atomic mass is 16.5. The average molecular weight is 297 g/mol. The van der Waals surface area contributed by atoms with Gasteiger partial charge in [-0.05, 0) is 19.3 Å². The van der Waals surface area contributed by atoms with Crippen molar-refractivity contribution in [2.75, 3.05) is 32.8 Å². The zero-order chi connectivity index (χ0) is 15.0. The molecule has 7 heteroatoms. The largest absolute Gasteiger partial charge is 0.382 e. The predicted molar refractivity (Wildman–Crippen MR) is 74.2 cm³/mol. The Balaban J connectivity index is 1.48. The molecule has 1 spiro atoms. The summed E-state index contributed by atoms with van der Waals surface area (Å²) in [5, 5.41) is 12.9. The molecule has 4 N–H and O–H groups in total. The number of aliphatic hydroxyl groups is 1. The van der Waals surface area contributed by atoms with E-state index in [1.165, 1.54) is 0 Å². The summed E-state index contributed by atoms with van der Waals surface area (Å²) >= 11 is 0. The first-order chi connectivity index (χ1) is 10.0. The molecular weight excluding hydrogens is 274 g/mol. The van der Waals surface area contributed by atoms with Crippen molar-refractivity contribution < 1.29 is 19.4 Å². The van der Waals surface area contributed by atoms with Crippen LogP contribution in [0.3, 0.4) is 0 Å². The molecule has 0 aromatic carbocycles. The molecule has 3 atom stereocenters. The number of piperidine rings is 1. The SMILES string of the molecule is NC(CC1CCCNC1=O)C(O)C(=O)N1CC2(COC2)C1. The second-order valence-corrected chi connectivity index (χ2v) is 6.66. The average Bonchev–Trinajstić information content (AvgIpc) is 2.37. The number of ether oxygens (including phenoxy) is 1. The maximum absolute atomic E-state index is 12.2. The van der Waals surface area contributed by atoms with Crippen molar-refractivity contribution in [3.63, 3.8) is 0 Å². The molecule has 2 amide bonds. The topological polar surface area (TPSA) is 105 Å². The predicted octanol–water partition coefficient (Wildman–Crippen LogP) is -1.55. The van der Waals surface area contributed by atoms with E-state index >= 15 is 0 Å². The van der Waals surface area contributed by atoms with Crippen molar-refractivity contribution in [1.29, 1.82) is 0 Å². The molecule has 3 rings (SSSR count). The third-order valence-corrected chi connectivity index (χ3v) is 4.80. The minimum atomic E-state index is -1.22. The van der Waals surface area contributed by atoms with Crippen molar-refractivity contribution in [3.05, 3.63) is 0 Å². The maximum Gasteiger partial charge on any atom is 0.253 e. The lowest BCUT2D eigenvalue weighted by Crippen LogP contribution is -2.69. The lowest BCUT2D eigenvalue weighted by molar-refractivity contribution is -0.200. The lowest BCUT2D eigenvalue weighted by atomic mass is 9.77. The van der Waals surface area contributed by atoms with E-state index in [0.29, 0.717) is 39.3 Å². The number of hydrogen-bond acceptors (Lipinski definition) is 5. The van der Waals surface area contributed by atoms with Crippen molar-refractivity contribution in [2.45, 2.75) is 31.4 Å². The molecule has 0 bridgehead atoms. The number of nitrogens with two attached hydrogens (primary N) is 1. The molecular formula is C14H23N3O4. The second-order valence-electron chi connectivity index (χ2n) is 6.66. The molecule has 0 aromatic rings. The van der Waals surface area contributed by atoms with Gasteiger partial charge in [0.2, 0.25) is 5.91 Å². The van der Waals surface area contributed by atoms with E-state index in [-0.39, 0.29) is 23.1 Å². The first kappa shape index (κ1) is 14.7. The first-order valence-corrected chi connectivity index (χ1v) is 7.59. The van der Waals surface area contributed by atoms with Crippen LogP contribution in [-0.4, -0.2) is 66.8 Å². The number of amides is 2. The minimum absolute atomic E-state index is 0.0223. The van der Waals surface area contributed by atoms with E-state index in [0.717, 1.165) is 12.8 Å². The van der Waals surface area contributed by atoms with E-state index < -0.39 is 12.1 Å². The summed E-state index contributed by atoms with van der Waals surface area (Å²) in [5.74, 6) is -0.541. The quantitative estimate of drug-likeness (QED) is 0.583. The Hall–Kier alpha value is -1.18. The number of carbonyl (C=O) groups excluding carboxylic acids is 2. The fourth-order valence-corrected chi connectivity index (χ4v) is 3.38. The number of aliphatic hydroxyl groups excluding tert-OH is 1. The van der Waals surface area contributed by atoms with Gasteiger partial charge >= 0.3 is 0 Å². The third kappa shape index (κ3) is 2.77. The van der Waals surface area contributed by atoms with Gasteiger partial charge in [0.25, 0.3) is 5.91 Å². The van der Waals surface area contributed by atoms with Crippen LogP contribution in [0.1, 0.15) is 19.3 Å². The first-order valence-electron chi connectivity index (χ1n) is 7.59. The summed E-state index contributed by atoms with van der Waals surface area (Å²) < 4.78 is 5.16. The summed E-state index contributed by atoms with van der Waals surface area (Å²) in [7, 11) is 0. The minimum Gasteiger partial charge on any atom is -0.382 e. The molecule has 0 radical (unpaired) electrons. The van der Waals surface area contributed by atoms with E-state index in [9.17, 15) is 14.7 Å². The summed E-state index contributed by atoms with van der Waals surface area (Å²) in [6.45, 7) is 3.37. The zero-order valence-electron chi connectivity index (χ0n) is 12.1. The van der Waals surface area contributed by atoms with E-state index in [4.69, 9.17) is 10.5 Å². The van der Waals surface area contributed by atoms with Crippen LogP contribution in [0.2, 0.25) is 0 Å². The number of carbonyl (C=O) groups is 2. The summed E-state index contributed by atoms with van der Waals surface area (Å²) in [6.07, 6.45) is 0.811. The van der Waals surface area contributed by atoms with Crippen molar-refractivity contribution in [3.8, 4) is 0 Å². The molecule has 3 aliphatic rings. The Morgan fingerprint density at radius 2 is 2.24 bits per heavy atom. The van der Waals surface area contributed by atoms with Crippen LogP contribution >= 0.6 is 0 Å². The monoisotopic (exact) mass is 297 g/mol. The Morgan fingerprint density at radius 1 is 1.52 bits per heavy atom. The zero-order valence-corrected chi connectivity index (χ0v) is 12.1. The van der Waals surface area contributed by atoms with E-state index in [2.05, 4.69) is 5.32 Å². The Bertz CT molecular complexity index is 430. The fourth-order valence-electron chi connectivity index (χ4n) is 3.38. The molecule has 3 fully saturated rings. The van der Waals surface area contributed by atoms with Crippen LogP contribution in [0.5, 0.6) is 0 Å². The molecule has 3 saturated heterocycles. The number of nitrogens with one attached hydrogen (secondary N) is 1. The van der Waals surface area contributed by atoms with Gasteiger partial charge in [0.1, 0.15) is 6.10 Å². The highest BCUT2D eigenvalue weighted by Gasteiger charge is 2.51. The molecule has 3 aliphatic heterocycles. The second kappa shape index (κ2) is 5.55. The van der Waals surface area contributed by atoms with Crippen LogP contribution in [0.25, 0.3) is 0 Å². The highest BCUT2D eigenvalue weighted by Crippen LogP contribution is 2.37. The molecule has 7 nitrogen and oxygen atoms in total. The van der Waals surface area contributed by atoms with Gasteiger partial charge in [-0.3, -0.25) is 9.59 Å². The number of rotatable bonds is 4. The van der Waals surface area contributed by atoms with Gasteiger partial charge in [0.15, 0.2) is 0 Å². The van der Waals surface area contributed by atoms with Crippen LogP contribution in [-0.2, 0) is 14.3 Å². The van der Waals surface area contributed by atoms with Crippen molar-refractivity contribution >= 4 is 11.8 Å². The summed E-state index contributed by atoms with van der Waals surface area (Å²) in [4.78, 5) is 25.5. The molecule has 21 heavy (non-hydrogen) atoms. The molecule has 3 unspecified atom stereocenters.